The number of carbonyl (C=O) groups is 2. The zero-order chi connectivity index (χ0) is 17.7. The molecule has 0 heterocycles. The second-order valence-corrected chi connectivity index (χ2v) is 6.13. The van der Waals surface area contributed by atoms with Gasteiger partial charge >= 0.3 is 0 Å². The van der Waals surface area contributed by atoms with Gasteiger partial charge in [0.05, 0.1) is 6.42 Å². The Morgan fingerprint density at radius 1 is 1.12 bits per heavy atom. The first kappa shape index (κ1) is 18.1. The largest absolute Gasteiger partial charge is 0.368 e. The number of rotatable bonds is 6. The van der Waals surface area contributed by atoms with Gasteiger partial charge in [-0.3, -0.25) is 9.59 Å². The molecule has 0 saturated carbocycles. The third kappa shape index (κ3) is 5.13. The van der Waals surface area contributed by atoms with Crippen molar-refractivity contribution in [3.8, 4) is 0 Å². The summed E-state index contributed by atoms with van der Waals surface area (Å²) in [5.41, 5.74) is 6.31. The zero-order valence-electron chi connectivity index (χ0n) is 12.6. The van der Waals surface area contributed by atoms with E-state index in [-0.39, 0.29) is 18.4 Å². The van der Waals surface area contributed by atoms with Crippen molar-refractivity contribution in [1.29, 1.82) is 0 Å². The number of nitrogens with two attached hydrogens (primary N) is 1. The van der Waals surface area contributed by atoms with Gasteiger partial charge in [-0.05, 0) is 29.3 Å². The van der Waals surface area contributed by atoms with Crippen molar-refractivity contribution in [2.24, 2.45) is 5.73 Å². The molecule has 0 spiro atoms. The summed E-state index contributed by atoms with van der Waals surface area (Å²) in [6.45, 7) is 0. The highest BCUT2D eigenvalue weighted by Crippen LogP contribution is 2.17. The van der Waals surface area contributed by atoms with Crippen LogP contribution in [0.1, 0.15) is 11.1 Å². The van der Waals surface area contributed by atoms with Crippen molar-refractivity contribution < 1.29 is 18.4 Å². The molecule has 0 fully saturated rings. The van der Waals surface area contributed by atoms with Gasteiger partial charge in [0.25, 0.3) is 0 Å². The molecule has 3 N–H and O–H groups in total. The Hall–Kier alpha value is -2.28. The molecule has 1 atom stereocenters. The maximum atomic E-state index is 13.2. The predicted octanol–water partition coefficient (Wildman–Crippen LogP) is 2.48. The number of hydrogen-bond donors (Lipinski definition) is 2. The van der Waals surface area contributed by atoms with Gasteiger partial charge in [0, 0.05) is 17.0 Å². The third-order valence-electron chi connectivity index (χ3n) is 3.35. The molecule has 0 aliphatic carbocycles. The molecule has 2 rings (SSSR count). The monoisotopic (exact) mass is 396 g/mol. The van der Waals surface area contributed by atoms with E-state index in [1.54, 1.807) is 12.1 Å². The second kappa shape index (κ2) is 8.01. The number of hydrogen-bond acceptors (Lipinski definition) is 2. The van der Waals surface area contributed by atoms with Gasteiger partial charge in [-0.1, -0.05) is 34.1 Å². The predicted molar refractivity (Wildman–Crippen MR) is 89.0 cm³/mol. The van der Waals surface area contributed by atoms with Crippen LogP contribution in [-0.2, 0) is 22.4 Å². The van der Waals surface area contributed by atoms with Gasteiger partial charge in [-0.25, -0.2) is 8.78 Å². The summed E-state index contributed by atoms with van der Waals surface area (Å²) >= 11 is 3.36. The van der Waals surface area contributed by atoms with Crippen LogP contribution < -0.4 is 11.1 Å². The van der Waals surface area contributed by atoms with Gasteiger partial charge < -0.3 is 11.1 Å². The van der Waals surface area contributed by atoms with Gasteiger partial charge in [0.2, 0.25) is 11.8 Å². The number of halogens is 3. The van der Waals surface area contributed by atoms with E-state index >= 15 is 0 Å². The first-order valence-electron chi connectivity index (χ1n) is 7.12. The highest BCUT2D eigenvalue weighted by molar-refractivity contribution is 9.10. The Morgan fingerprint density at radius 3 is 2.33 bits per heavy atom. The van der Waals surface area contributed by atoms with Crippen LogP contribution in [0.3, 0.4) is 0 Å². The molecule has 0 aromatic heterocycles. The summed E-state index contributed by atoms with van der Waals surface area (Å²) in [5, 5.41) is 2.50. The van der Waals surface area contributed by atoms with Crippen LogP contribution in [0.25, 0.3) is 0 Å². The molecule has 0 saturated heterocycles. The van der Waals surface area contributed by atoms with Crippen LogP contribution in [-0.4, -0.2) is 17.9 Å². The SMILES string of the molecule is NC(=O)[C@@H](Cc1ccccc1Br)NC(=O)Cc1cc(F)cc(F)c1. The molecular formula is C17H15BrF2N2O2. The fourth-order valence-electron chi connectivity index (χ4n) is 2.25. The molecule has 0 bridgehead atoms. The van der Waals surface area contributed by atoms with Gasteiger partial charge in [0.1, 0.15) is 17.7 Å². The first-order chi connectivity index (χ1) is 11.3. The second-order valence-electron chi connectivity index (χ2n) is 5.27. The van der Waals surface area contributed by atoms with Crippen LogP contribution >= 0.6 is 15.9 Å². The number of benzene rings is 2. The lowest BCUT2D eigenvalue weighted by Crippen LogP contribution is -2.46. The standard InChI is InChI=1S/C17H15BrF2N2O2/c18-14-4-2-1-3-11(14)8-15(17(21)24)22-16(23)7-10-5-12(19)9-13(20)6-10/h1-6,9,15H,7-8H2,(H2,21,24)(H,22,23)/t15-/m1/s1. The highest BCUT2D eigenvalue weighted by atomic mass is 79.9. The Kier molecular flexibility index (Phi) is 6.03. The summed E-state index contributed by atoms with van der Waals surface area (Å²) in [7, 11) is 0. The number of amides is 2. The molecule has 0 aliphatic heterocycles. The first-order valence-corrected chi connectivity index (χ1v) is 7.91. The van der Waals surface area contributed by atoms with Gasteiger partial charge in [0.15, 0.2) is 0 Å². The molecule has 0 radical (unpaired) electrons. The van der Waals surface area contributed by atoms with Crippen molar-refractivity contribution in [3.63, 3.8) is 0 Å². The van der Waals surface area contributed by atoms with Crippen molar-refractivity contribution in [2.45, 2.75) is 18.9 Å². The molecule has 4 nitrogen and oxygen atoms in total. The third-order valence-corrected chi connectivity index (χ3v) is 4.12. The summed E-state index contributed by atoms with van der Waals surface area (Å²) in [6, 6.07) is 9.17. The van der Waals surface area contributed by atoms with E-state index in [4.69, 9.17) is 5.73 Å². The Balaban J connectivity index is 2.06. The van der Waals surface area contributed by atoms with Crippen molar-refractivity contribution in [2.75, 3.05) is 0 Å². The van der Waals surface area contributed by atoms with Gasteiger partial charge in [-0.2, -0.15) is 0 Å². The average molecular weight is 397 g/mol. The minimum Gasteiger partial charge on any atom is -0.368 e. The topological polar surface area (TPSA) is 72.2 Å². The van der Waals surface area contributed by atoms with E-state index < -0.39 is 29.5 Å². The molecule has 0 aliphatic rings. The van der Waals surface area contributed by atoms with E-state index in [0.717, 1.165) is 28.2 Å². The maximum absolute atomic E-state index is 13.2. The molecule has 24 heavy (non-hydrogen) atoms. The van der Waals surface area contributed by atoms with Crippen LogP contribution in [0.2, 0.25) is 0 Å². The maximum Gasteiger partial charge on any atom is 0.240 e. The Morgan fingerprint density at radius 2 is 1.75 bits per heavy atom. The fourth-order valence-corrected chi connectivity index (χ4v) is 2.70. The molecule has 0 unspecified atom stereocenters. The fraction of sp³-hybridized carbons (Fsp3) is 0.176. The molecule has 2 aromatic rings. The lowest BCUT2D eigenvalue weighted by molar-refractivity contribution is -0.127. The summed E-state index contributed by atoms with van der Waals surface area (Å²) < 4.78 is 27.1. The molecule has 126 valence electrons. The average Bonchev–Trinajstić information content (AvgIpc) is 2.47. The van der Waals surface area contributed by atoms with E-state index in [1.807, 2.05) is 12.1 Å². The molecule has 2 amide bonds. The molecule has 7 heteroatoms. The number of carbonyl (C=O) groups excluding carboxylic acids is 2. The summed E-state index contributed by atoms with van der Waals surface area (Å²) in [4.78, 5) is 23.6. The summed E-state index contributed by atoms with van der Waals surface area (Å²) in [5.74, 6) is -2.77. The minimum atomic E-state index is -0.922. The molecule has 2 aromatic carbocycles. The van der Waals surface area contributed by atoms with Crippen molar-refractivity contribution in [3.05, 3.63) is 69.7 Å². The van der Waals surface area contributed by atoms with Gasteiger partial charge in [-0.15, -0.1) is 0 Å². The Labute approximate surface area is 146 Å². The van der Waals surface area contributed by atoms with Crippen LogP contribution in [0, 0.1) is 11.6 Å². The molecular weight excluding hydrogens is 382 g/mol. The van der Waals surface area contributed by atoms with Crippen molar-refractivity contribution >= 4 is 27.7 Å². The normalized spacial score (nSPS) is 11.8. The van der Waals surface area contributed by atoms with Crippen LogP contribution in [0.15, 0.2) is 46.9 Å². The van der Waals surface area contributed by atoms with E-state index in [1.165, 1.54) is 0 Å². The quantitative estimate of drug-likeness (QED) is 0.786. The van der Waals surface area contributed by atoms with E-state index in [0.29, 0.717) is 0 Å². The van der Waals surface area contributed by atoms with Crippen molar-refractivity contribution in [1.82, 2.24) is 5.32 Å². The lowest BCUT2D eigenvalue weighted by atomic mass is 10.0. The zero-order valence-corrected chi connectivity index (χ0v) is 14.1. The summed E-state index contributed by atoms with van der Waals surface area (Å²) in [6.07, 6.45) is -0.0472. The lowest BCUT2D eigenvalue weighted by Gasteiger charge is -2.16. The number of nitrogens with one attached hydrogen (secondary N) is 1. The smallest absolute Gasteiger partial charge is 0.240 e. The highest BCUT2D eigenvalue weighted by Gasteiger charge is 2.20. The Bertz CT molecular complexity index is 748. The number of primary amides is 1. The van der Waals surface area contributed by atoms with E-state index in [2.05, 4.69) is 21.2 Å². The minimum absolute atomic E-state index is 0.175. The van der Waals surface area contributed by atoms with Crippen LogP contribution in [0.5, 0.6) is 0 Å². The van der Waals surface area contributed by atoms with E-state index in [9.17, 15) is 18.4 Å². The van der Waals surface area contributed by atoms with Crippen LogP contribution in [0.4, 0.5) is 8.78 Å².